The van der Waals surface area contributed by atoms with Crippen LogP contribution in [-0.2, 0) is 0 Å². The average Bonchev–Trinajstić information content (AvgIpc) is 2.24. The van der Waals surface area contributed by atoms with E-state index in [0.717, 1.165) is 0 Å². The highest BCUT2D eigenvalue weighted by molar-refractivity contribution is 9.09. The summed E-state index contributed by atoms with van der Waals surface area (Å²) >= 11 is 3.29. The van der Waals surface area contributed by atoms with Gasteiger partial charge in [0.05, 0.1) is 6.61 Å². The molecule has 4 heteroatoms. The standard InChI is InChI=1S/C11H13BrF2O/c1-3-8(12)7-5-6-9(15-4-2)11(14)10(7)13/h5-6,8H,3-4H2,1-2H3. The van der Waals surface area contributed by atoms with Crippen molar-refractivity contribution in [3.63, 3.8) is 0 Å². The Bertz CT molecular complexity index is 342. The summed E-state index contributed by atoms with van der Waals surface area (Å²) in [4.78, 5) is -0.164. The van der Waals surface area contributed by atoms with E-state index in [-0.39, 0.29) is 10.6 Å². The van der Waals surface area contributed by atoms with Gasteiger partial charge in [0.1, 0.15) is 0 Å². The van der Waals surface area contributed by atoms with Crippen LogP contribution in [0.2, 0.25) is 0 Å². The highest BCUT2D eigenvalue weighted by Crippen LogP contribution is 2.32. The average molecular weight is 279 g/mol. The van der Waals surface area contributed by atoms with Gasteiger partial charge < -0.3 is 4.74 Å². The van der Waals surface area contributed by atoms with E-state index in [2.05, 4.69) is 15.9 Å². The minimum Gasteiger partial charge on any atom is -0.491 e. The van der Waals surface area contributed by atoms with Crippen LogP contribution in [0.5, 0.6) is 5.75 Å². The number of hydrogen-bond donors (Lipinski definition) is 0. The summed E-state index contributed by atoms with van der Waals surface area (Å²) in [6.45, 7) is 3.94. The maximum Gasteiger partial charge on any atom is 0.200 e. The molecule has 84 valence electrons. The van der Waals surface area contributed by atoms with Crippen molar-refractivity contribution in [3.05, 3.63) is 29.3 Å². The third kappa shape index (κ3) is 2.68. The largest absolute Gasteiger partial charge is 0.491 e. The fourth-order valence-corrected chi connectivity index (χ4v) is 1.63. The lowest BCUT2D eigenvalue weighted by Crippen LogP contribution is -2.01. The molecule has 0 N–H and O–H groups in total. The quantitative estimate of drug-likeness (QED) is 0.750. The van der Waals surface area contributed by atoms with Gasteiger partial charge in [0.25, 0.3) is 0 Å². The number of rotatable bonds is 4. The zero-order valence-corrected chi connectivity index (χ0v) is 10.3. The molecule has 0 amide bonds. The number of benzene rings is 1. The summed E-state index contributed by atoms with van der Waals surface area (Å²) in [5, 5.41) is 0. The number of hydrogen-bond acceptors (Lipinski definition) is 1. The minimum atomic E-state index is -0.910. The molecule has 1 nitrogen and oxygen atoms in total. The second kappa shape index (κ2) is 5.45. The van der Waals surface area contributed by atoms with Crippen LogP contribution in [0.3, 0.4) is 0 Å². The third-order valence-electron chi connectivity index (χ3n) is 2.07. The van der Waals surface area contributed by atoms with Crippen molar-refractivity contribution in [2.75, 3.05) is 6.61 Å². The fraction of sp³-hybridized carbons (Fsp3) is 0.455. The highest BCUT2D eigenvalue weighted by atomic mass is 79.9. The van der Waals surface area contributed by atoms with Gasteiger partial charge in [-0.15, -0.1) is 0 Å². The Hall–Kier alpha value is -0.640. The lowest BCUT2D eigenvalue weighted by Gasteiger charge is -2.11. The topological polar surface area (TPSA) is 9.23 Å². The first-order valence-electron chi connectivity index (χ1n) is 4.86. The molecule has 1 atom stereocenters. The molecule has 0 heterocycles. The van der Waals surface area contributed by atoms with E-state index in [1.165, 1.54) is 6.07 Å². The van der Waals surface area contributed by atoms with Crippen molar-refractivity contribution >= 4 is 15.9 Å². The highest BCUT2D eigenvalue weighted by Gasteiger charge is 2.18. The number of halogens is 3. The summed E-state index contributed by atoms with van der Waals surface area (Å²) in [6, 6.07) is 3.01. The van der Waals surface area contributed by atoms with Crippen molar-refractivity contribution in [2.24, 2.45) is 0 Å². The van der Waals surface area contributed by atoms with Gasteiger partial charge in [-0.25, -0.2) is 4.39 Å². The second-order valence-electron chi connectivity index (χ2n) is 3.09. The van der Waals surface area contributed by atoms with Crippen LogP contribution < -0.4 is 4.74 Å². The van der Waals surface area contributed by atoms with Gasteiger partial charge in [0.2, 0.25) is 5.82 Å². The maximum absolute atomic E-state index is 13.5. The molecular formula is C11H13BrF2O. The monoisotopic (exact) mass is 278 g/mol. The molecule has 1 aromatic rings. The molecule has 0 aromatic heterocycles. The van der Waals surface area contributed by atoms with Gasteiger partial charge in [-0.05, 0) is 19.4 Å². The molecule has 0 bridgehead atoms. The predicted octanol–water partition coefficient (Wildman–Crippen LogP) is 4.21. The molecule has 15 heavy (non-hydrogen) atoms. The molecule has 1 aromatic carbocycles. The first kappa shape index (κ1) is 12.4. The summed E-state index contributed by atoms with van der Waals surface area (Å²) in [5.74, 6) is -1.77. The molecule has 0 aliphatic heterocycles. The van der Waals surface area contributed by atoms with Crippen molar-refractivity contribution in [2.45, 2.75) is 25.1 Å². The summed E-state index contributed by atoms with van der Waals surface area (Å²) in [7, 11) is 0. The van der Waals surface area contributed by atoms with E-state index in [0.29, 0.717) is 18.6 Å². The Morgan fingerprint density at radius 1 is 1.27 bits per heavy atom. The summed E-state index contributed by atoms with van der Waals surface area (Å²) in [5.41, 5.74) is 0.332. The van der Waals surface area contributed by atoms with E-state index in [1.807, 2.05) is 6.92 Å². The Morgan fingerprint density at radius 2 is 1.93 bits per heavy atom. The molecule has 0 spiro atoms. The SMILES string of the molecule is CCOc1ccc(C(Br)CC)c(F)c1F. The Morgan fingerprint density at radius 3 is 2.47 bits per heavy atom. The smallest absolute Gasteiger partial charge is 0.200 e. The van der Waals surface area contributed by atoms with Crippen LogP contribution in [0.25, 0.3) is 0 Å². The Labute approximate surface area is 96.6 Å². The molecule has 0 saturated heterocycles. The molecule has 0 aliphatic carbocycles. The van der Waals surface area contributed by atoms with Crippen LogP contribution in [0.1, 0.15) is 30.7 Å². The van der Waals surface area contributed by atoms with E-state index < -0.39 is 11.6 Å². The first-order chi connectivity index (χ1) is 7.11. The van der Waals surface area contributed by atoms with E-state index in [1.54, 1.807) is 13.0 Å². The van der Waals surface area contributed by atoms with Crippen molar-refractivity contribution < 1.29 is 13.5 Å². The van der Waals surface area contributed by atoms with Gasteiger partial charge in [-0.2, -0.15) is 4.39 Å². The molecular weight excluding hydrogens is 266 g/mol. The molecule has 0 radical (unpaired) electrons. The van der Waals surface area contributed by atoms with Gasteiger partial charge in [-0.1, -0.05) is 28.9 Å². The van der Waals surface area contributed by atoms with Crippen molar-refractivity contribution in [1.29, 1.82) is 0 Å². The van der Waals surface area contributed by atoms with Crippen LogP contribution in [0.15, 0.2) is 12.1 Å². The maximum atomic E-state index is 13.5. The number of alkyl halides is 1. The Kier molecular flexibility index (Phi) is 4.51. The van der Waals surface area contributed by atoms with E-state index >= 15 is 0 Å². The van der Waals surface area contributed by atoms with Crippen LogP contribution in [-0.4, -0.2) is 6.61 Å². The zero-order valence-electron chi connectivity index (χ0n) is 8.69. The third-order valence-corrected chi connectivity index (χ3v) is 3.21. The lowest BCUT2D eigenvalue weighted by molar-refractivity contribution is 0.313. The van der Waals surface area contributed by atoms with Crippen molar-refractivity contribution in [3.8, 4) is 5.75 Å². The van der Waals surface area contributed by atoms with Crippen LogP contribution in [0.4, 0.5) is 8.78 Å². The molecule has 1 unspecified atom stereocenters. The zero-order chi connectivity index (χ0) is 11.4. The van der Waals surface area contributed by atoms with Crippen LogP contribution in [0, 0.1) is 11.6 Å². The van der Waals surface area contributed by atoms with E-state index in [9.17, 15) is 8.78 Å². The summed E-state index contributed by atoms with van der Waals surface area (Å²) in [6.07, 6.45) is 0.699. The number of ether oxygens (including phenoxy) is 1. The summed E-state index contributed by atoms with van der Waals surface area (Å²) < 4.78 is 31.9. The Balaban J connectivity index is 3.09. The second-order valence-corrected chi connectivity index (χ2v) is 4.20. The predicted molar refractivity (Wildman–Crippen MR) is 59.5 cm³/mol. The molecule has 0 saturated carbocycles. The van der Waals surface area contributed by atoms with Crippen molar-refractivity contribution in [1.82, 2.24) is 0 Å². The van der Waals surface area contributed by atoms with Gasteiger partial charge >= 0.3 is 0 Å². The van der Waals surface area contributed by atoms with Gasteiger partial charge in [0, 0.05) is 10.4 Å². The fourth-order valence-electron chi connectivity index (χ4n) is 1.28. The normalized spacial score (nSPS) is 12.6. The molecule has 0 aliphatic rings. The van der Waals surface area contributed by atoms with Crippen LogP contribution >= 0.6 is 15.9 Å². The lowest BCUT2D eigenvalue weighted by atomic mass is 10.1. The van der Waals surface area contributed by atoms with E-state index in [4.69, 9.17) is 4.74 Å². The molecule has 0 fully saturated rings. The molecule has 1 rings (SSSR count). The van der Waals surface area contributed by atoms with Gasteiger partial charge in [-0.3, -0.25) is 0 Å². The van der Waals surface area contributed by atoms with Gasteiger partial charge in [0.15, 0.2) is 11.6 Å². The first-order valence-corrected chi connectivity index (χ1v) is 5.78. The minimum absolute atomic E-state index is 0.0328.